The van der Waals surface area contributed by atoms with Gasteiger partial charge in [0.2, 0.25) is 6.29 Å². The molecule has 0 rings (SSSR count). The molecule has 2 heteroatoms. The third kappa shape index (κ3) is 10.2. The lowest BCUT2D eigenvalue weighted by Gasteiger charge is -2.10. The van der Waals surface area contributed by atoms with Gasteiger partial charge in [-0.25, -0.2) is 0 Å². The van der Waals surface area contributed by atoms with E-state index in [2.05, 4.69) is 6.92 Å². The van der Waals surface area contributed by atoms with Crippen molar-refractivity contribution in [3.8, 4) is 0 Å². The van der Waals surface area contributed by atoms with Crippen LogP contribution in [0.3, 0.4) is 0 Å². The smallest absolute Gasteiger partial charge is 0.223 e. The van der Waals surface area contributed by atoms with Crippen LogP contribution >= 0.6 is 0 Å². The minimum Gasteiger partial charge on any atom is -0.349 e. The van der Waals surface area contributed by atoms with Crippen molar-refractivity contribution in [2.45, 2.75) is 64.7 Å². The van der Waals surface area contributed by atoms with Crippen molar-refractivity contribution in [1.29, 1.82) is 0 Å². The second-order valence-electron chi connectivity index (χ2n) is 4.01. The predicted molar refractivity (Wildman–Crippen MR) is 64.5 cm³/mol. The molecule has 0 N–H and O–H groups in total. The Balaban J connectivity index is 3.04. The molecular weight excluding hydrogens is 188 g/mol. The summed E-state index contributed by atoms with van der Waals surface area (Å²) in [6.07, 6.45) is 12.5. The highest BCUT2D eigenvalue weighted by Gasteiger charge is 2.05. The van der Waals surface area contributed by atoms with Gasteiger partial charge < -0.3 is 9.47 Å². The second kappa shape index (κ2) is 12.0. The van der Waals surface area contributed by atoms with Gasteiger partial charge >= 0.3 is 0 Å². The first-order valence-corrected chi connectivity index (χ1v) is 6.29. The Bertz CT molecular complexity index is 111. The zero-order valence-corrected chi connectivity index (χ0v) is 10.7. The van der Waals surface area contributed by atoms with E-state index in [0.717, 1.165) is 12.7 Å². The highest BCUT2D eigenvalue weighted by Crippen LogP contribution is 2.15. The molecule has 0 aliphatic rings. The van der Waals surface area contributed by atoms with Crippen LogP contribution in [0, 0.1) is 6.29 Å². The molecule has 0 aromatic carbocycles. The lowest BCUT2D eigenvalue weighted by Crippen LogP contribution is -2.02. The molecule has 0 saturated carbocycles. The van der Waals surface area contributed by atoms with Crippen molar-refractivity contribution in [2.24, 2.45) is 0 Å². The van der Waals surface area contributed by atoms with E-state index in [1.165, 1.54) is 51.4 Å². The summed E-state index contributed by atoms with van der Waals surface area (Å²) in [5.74, 6) is 0. The van der Waals surface area contributed by atoms with Crippen LogP contribution in [0.2, 0.25) is 0 Å². The second-order valence-corrected chi connectivity index (χ2v) is 4.01. The van der Waals surface area contributed by atoms with E-state index < -0.39 is 0 Å². The average Bonchev–Trinajstić information content (AvgIpc) is 2.27. The van der Waals surface area contributed by atoms with Gasteiger partial charge in [0.1, 0.15) is 0 Å². The van der Waals surface area contributed by atoms with Gasteiger partial charge in [-0.2, -0.15) is 0 Å². The molecule has 0 amide bonds. The molecule has 0 bridgehead atoms. The minimum absolute atomic E-state index is 0.765. The van der Waals surface area contributed by atoms with E-state index in [1.54, 1.807) is 14.2 Å². The molecule has 0 fully saturated rings. The quantitative estimate of drug-likeness (QED) is 0.478. The van der Waals surface area contributed by atoms with E-state index in [1.807, 2.05) is 0 Å². The van der Waals surface area contributed by atoms with Gasteiger partial charge in [-0.1, -0.05) is 51.9 Å². The van der Waals surface area contributed by atoms with Crippen molar-refractivity contribution in [1.82, 2.24) is 0 Å². The third-order valence-corrected chi connectivity index (χ3v) is 2.69. The summed E-state index contributed by atoms with van der Waals surface area (Å²) in [6, 6.07) is 0. The molecule has 0 atom stereocenters. The first-order chi connectivity index (χ1) is 7.35. The molecule has 91 valence electrons. The Morgan fingerprint density at radius 1 is 0.733 bits per heavy atom. The number of hydrogen-bond donors (Lipinski definition) is 0. The average molecular weight is 215 g/mol. The summed E-state index contributed by atoms with van der Waals surface area (Å²) < 4.78 is 10.1. The molecule has 0 heterocycles. The van der Waals surface area contributed by atoms with Crippen LogP contribution in [0.25, 0.3) is 0 Å². The number of rotatable bonds is 11. The van der Waals surface area contributed by atoms with Crippen molar-refractivity contribution in [3.05, 3.63) is 6.29 Å². The maximum Gasteiger partial charge on any atom is 0.223 e. The van der Waals surface area contributed by atoms with Crippen LogP contribution in [0.15, 0.2) is 0 Å². The Morgan fingerprint density at radius 2 is 1.20 bits per heavy atom. The molecule has 0 aliphatic carbocycles. The maximum absolute atomic E-state index is 5.05. The number of ether oxygens (including phenoxy) is 2. The van der Waals surface area contributed by atoms with Crippen molar-refractivity contribution < 1.29 is 9.47 Å². The minimum atomic E-state index is 0.765. The molecule has 0 saturated heterocycles. The Kier molecular flexibility index (Phi) is 11.9. The normalized spacial score (nSPS) is 11.2. The van der Waals surface area contributed by atoms with E-state index in [-0.39, 0.29) is 0 Å². The monoisotopic (exact) mass is 215 g/mol. The topological polar surface area (TPSA) is 18.5 Å². The van der Waals surface area contributed by atoms with E-state index in [9.17, 15) is 0 Å². The highest BCUT2D eigenvalue weighted by molar-refractivity contribution is 4.63. The molecule has 0 unspecified atom stereocenters. The third-order valence-electron chi connectivity index (χ3n) is 2.69. The summed E-state index contributed by atoms with van der Waals surface area (Å²) in [4.78, 5) is 0. The summed E-state index contributed by atoms with van der Waals surface area (Å²) in [6.45, 7) is 2.26. The van der Waals surface area contributed by atoms with Gasteiger partial charge in [0.25, 0.3) is 0 Å². The van der Waals surface area contributed by atoms with Crippen LogP contribution in [-0.4, -0.2) is 14.2 Å². The molecule has 0 spiro atoms. The van der Waals surface area contributed by atoms with Crippen LogP contribution in [0.1, 0.15) is 64.7 Å². The SMILES string of the molecule is CCCCCCCCCC[C](OC)OC. The zero-order chi connectivity index (χ0) is 11.4. The van der Waals surface area contributed by atoms with Gasteiger partial charge in [0, 0.05) is 20.6 Å². The van der Waals surface area contributed by atoms with Gasteiger partial charge in [0.15, 0.2) is 0 Å². The standard InChI is InChI=1S/C13H27O2/c1-4-5-6-7-8-9-10-11-12-13(14-2)15-3/h4-12H2,1-3H3. The summed E-state index contributed by atoms with van der Waals surface area (Å²) in [7, 11) is 3.34. The van der Waals surface area contributed by atoms with Crippen molar-refractivity contribution in [3.63, 3.8) is 0 Å². The van der Waals surface area contributed by atoms with Crippen LogP contribution in [0.5, 0.6) is 0 Å². The van der Waals surface area contributed by atoms with Gasteiger partial charge in [0.05, 0.1) is 0 Å². The number of methoxy groups -OCH3 is 2. The molecular formula is C13H27O2. The van der Waals surface area contributed by atoms with Gasteiger partial charge in [-0.3, -0.25) is 0 Å². The lowest BCUT2D eigenvalue weighted by molar-refractivity contribution is -0.00387. The molecule has 0 aromatic heterocycles. The number of unbranched alkanes of at least 4 members (excludes halogenated alkanes) is 7. The molecule has 0 aliphatic heterocycles. The maximum atomic E-state index is 5.05. The first-order valence-electron chi connectivity index (χ1n) is 6.29. The van der Waals surface area contributed by atoms with E-state index in [0.29, 0.717) is 0 Å². The van der Waals surface area contributed by atoms with Crippen molar-refractivity contribution in [2.75, 3.05) is 14.2 Å². The molecule has 0 aromatic rings. The molecule has 1 radical (unpaired) electrons. The highest BCUT2D eigenvalue weighted by atomic mass is 16.7. The Morgan fingerprint density at radius 3 is 1.67 bits per heavy atom. The fourth-order valence-corrected chi connectivity index (χ4v) is 1.69. The van der Waals surface area contributed by atoms with E-state index >= 15 is 0 Å². The van der Waals surface area contributed by atoms with Crippen LogP contribution in [-0.2, 0) is 9.47 Å². The lowest BCUT2D eigenvalue weighted by atomic mass is 10.1. The Hall–Kier alpha value is -0.0800. The van der Waals surface area contributed by atoms with Crippen LogP contribution in [0.4, 0.5) is 0 Å². The fraction of sp³-hybridized carbons (Fsp3) is 0.923. The van der Waals surface area contributed by atoms with Crippen LogP contribution < -0.4 is 0 Å². The molecule has 2 nitrogen and oxygen atoms in total. The largest absolute Gasteiger partial charge is 0.349 e. The summed E-state index contributed by atoms with van der Waals surface area (Å²) >= 11 is 0. The summed E-state index contributed by atoms with van der Waals surface area (Å²) in [5, 5.41) is 0. The number of hydrogen-bond acceptors (Lipinski definition) is 2. The molecule has 15 heavy (non-hydrogen) atoms. The first kappa shape index (κ1) is 14.9. The van der Waals surface area contributed by atoms with Crippen molar-refractivity contribution >= 4 is 0 Å². The zero-order valence-electron chi connectivity index (χ0n) is 10.7. The van der Waals surface area contributed by atoms with E-state index in [4.69, 9.17) is 9.47 Å². The van der Waals surface area contributed by atoms with Gasteiger partial charge in [-0.15, -0.1) is 0 Å². The fourth-order valence-electron chi connectivity index (χ4n) is 1.69. The summed E-state index contributed by atoms with van der Waals surface area (Å²) in [5.41, 5.74) is 0. The Labute approximate surface area is 95.3 Å². The predicted octanol–water partition coefficient (Wildman–Crippen LogP) is 4.30. The van der Waals surface area contributed by atoms with Gasteiger partial charge in [-0.05, 0) is 6.42 Å².